The van der Waals surface area contributed by atoms with Crippen molar-refractivity contribution in [1.29, 1.82) is 0 Å². The highest BCUT2D eigenvalue weighted by molar-refractivity contribution is 9.18. The number of amidine groups is 1. The fourth-order valence-corrected chi connectivity index (χ4v) is 3.03. The van der Waals surface area contributed by atoms with Crippen LogP contribution < -0.4 is 5.43 Å². The van der Waals surface area contributed by atoms with Gasteiger partial charge in [-0.1, -0.05) is 0 Å². The second kappa shape index (κ2) is 4.07. The number of fused-ring (bicyclic) bond motifs is 1. The minimum Gasteiger partial charge on any atom is -0.295 e. The second-order valence-corrected chi connectivity index (χ2v) is 6.20. The van der Waals surface area contributed by atoms with E-state index < -0.39 is 21.7 Å². The van der Waals surface area contributed by atoms with Gasteiger partial charge in [0, 0.05) is 13.1 Å². The van der Waals surface area contributed by atoms with Gasteiger partial charge in [0.25, 0.3) is 0 Å². The summed E-state index contributed by atoms with van der Waals surface area (Å²) in [5.74, 6) is 0. The molecule has 1 fully saturated rings. The van der Waals surface area contributed by atoms with Gasteiger partial charge in [-0.15, -0.1) is 0 Å². The van der Waals surface area contributed by atoms with Gasteiger partial charge >= 0.3 is 15.5 Å². The van der Waals surface area contributed by atoms with E-state index in [0.717, 1.165) is 0 Å². The number of sulfonamides is 1. The quantitative estimate of drug-likeness (QED) is 0.687. The molecule has 0 radical (unpaired) electrons. The van der Waals surface area contributed by atoms with E-state index in [2.05, 4.69) is 26.3 Å². The third-order valence-electron chi connectivity index (χ3n) is 2.45. The van der Waals surface area contributed by atoms with Crippen LogP contribution in [0, 0.1) is 0 Å². The molecule has 0 amide bonds. The molecule has 2 heterocycles. The standard InChI is InChI=1S/C6H8BrF3N4O2S/c7-5-11-4-3-13(1-2-14(4)12-5)17(15,16)6(8,9)10/h4H,1-3H2,(H,11,12)/t4-/m0/s1. The first-order valence-corrected chi connectivity index (χ1v) is 6.78. The van der Waals surface area contributed by atoms with Crippen LogP contribution in [-0.4, -0.2) is 53.8 Å². The van der Waals surface area contributed by atoms with Gasteiger partial charge < -0.3 is 0 Å². The van der Waals surface area contributed by atoms with Crippen LogP contribution in [0.15, 0.2) is 4.99 Å². The molecule has 1 N–H and O–H groups in total. The van der Waals surface area contributed by atoms with Gasteiger partial charge in [0.2, 0.25) is 0 Å². The summed E-state index contributed by atoms with van der Waals surface area (Å²) in [4.78, 5) is 3.93. The van der Waals surface area contributed by atoms with Crippen LogP contribution in [0.1, 0.15) is 0 Å². The van der Waals surface area contributed by atoms with E-state index in [4.69, 9.17) is 0 Å². The second-order valence-electron chi connectivity index (χ2n) is 3.51. The number of halogens is 4. The summed E-state index contributed by atoms with van der Waals surface area (Å²) in [7, 11) is -5.26. The van der Waals surface area contributed by atoms with Crippen molar-refractivity contribution in [2.75, 3.05) is 19.6 Å². The number of nitrogens with zero attached hydrogens (tertiary/aromatic N) is 3. The third-order valence-corrected chi connectivity index (χ3v) is 4.43. The van der Waals surface area contributed by atoms with Crippen molar-refractivity contribution >= 4 is 30.7 Å². The lowest BCUT2D eigenvalue weighted by atomic mass is 10.4. The molecule has 0 aromatic heterocycles. The molecule has 0 aromatic rings. The van der Waals surface area contributed by atoms with Crippen LogP contribution in [0.4, 0.5) is 13.2 Å². The Morgan fingerprint density at radius 1 is 1.41 bits per heavy atom. The molecule has 0 saturated carbocycles. The molecule has 17 heavy (non-hydrogen) atoms. The molecule has 6 nitrogen and oxygen atoms in total. The van der Waals surface area contributed by atoms with Gasteiger partial charge in [-0.25, -0.2) is 13.4 Å². The van der Waals surface area contributed by atoms with Crippen LogP contribution in [-0.2, 0) is 10.0 Å². The van der Waals surface area contributed by atoms with Crippen LogP contribution in [0.3, 0.4) is 0 Å². The van der Waals surface area contributed by atoms with Gasteiger partial charge in [0.15, 0.2) is 4.74 Å². The zero-order valence-electron chi connectivity index (χ0n) is 8.28. The molecule has 1 saturated heterocycles. The lowest BCUT2D eigenvalue weighted by molar-refractivity contribution is -0.0510. The van der Waals surface area contributed by atoms with E-state index >= 15 is 0 Å². The Bertz CT molecular complexity index is 451. The van der Waals surface area contributed by atoms with Gasteiger partial charge in [-0.3, -0.25) is 5.43 Å². The fourth-order valence-electron chi connectivity index (χ4n) is 1.62. The summed E-state index contributed by atoms with van der Waals surface area (Å²) in [5.41, 5.74) is -2.50. The zero-order chi connectivity index (χ0) is 12.8. The van der Waals surface area contributed by atoms with Crippen molar-refractivity contribution in [2.45, 2.75) is 11.7 Å². The van der Waals surface area contributed by atoms with Gasteiger partial charge in [-0.05, 0) is 15.9 Å². The molecule has 98 valence electrons. The predicted octanol–water partition coefficient (Wildman–Crippen LogP) is 0.0488. The maximum atomic E-state index is 12.3. The SMILES string of the molecule is O=S(=O)(N1CCN2NC(Br)=N[C@@H]2C1)C(F)(F)F. The Morgan fingerprint density at radius 3 is 2.65 bits per heavy atom. The molecule has 0 spiro atoms. The van der Waals surface area contributed by atoms with Gasteiger partial charge in [0.1, 0.15) is 6.17 Å². The summed E-state index contributed by atoms with van der Waals surface area (Å²) >= 11 is 3.05. The molecule has 0 unspecified atom stereocenters. The molecule has 1 atom stereocenters. The highest BCUT2D eigenvalue weighted by Gasteiger charge is 2.52. The molecule has 0 aromatic carbocycles. The third kappa shape index (κ3) is 2.28. The summed E-state index contributed by atoms with van der Waals surface area (Å²) in [6.07, 6.45) is -0.629. The average molecular weight is 337 g/mol. The maximum absolute atomic E-state index is 12.3. The Morgan fingerprint density at radius 2 is 2.06 bits per heavy atom. The predicted molar refractivity (Wildman–Crippen MR) is 56.5 cm³/mol. The first kappa shape index (κ1) is 13.1. The first-order chi connectivity index (χ1) is 7.72. The van der Waals surface area contributed by atoms with Crippen molar-refractivity contribution < 1.29 is 21.6 Å². The van der Waals surface area contributed by atoms with E-state index in [1.54, 1.807) is 5.01 Å². The number of hydrazine groups is 1. The largest absolute Gasteiger partial charge is 0.511 e. The molecule has 2 rings (SSSR count). The molecule has 0 bridgehead atoms. The molecule has 2 aliphatic heterocycles. The van der Waals surface area contributed by atoms with E-state index in [9.17, 15) is 21.6 Å². The van der Waals surface area contributed by atoms with Crippen molar-refractivity contribution in [3.63, 3.8) is 0 Å². The minimum atomic E-state index is -5.26. The molecule has 2 aliphatic rings. The Balaban J connectivity index is 2.16. The van der Waals surface area contributed by atoms with Crippen molar-refractivity contribution in [2.24, 2.45) is 4.99 Å². The van der Waals surface area contributed by atoms with E-state index in [1.165, 1.54) is 0 Å². The Hall–Kier alpha value is -0.390. The molecular weight excluding hydrogens is 329 g/mol. The Labute approximate surface area is 104 Å². The number of piperazine rings is 1. The lowest BCUT2D eigenvalue weighted by Crippen LogP contribution is -2.57. The molecule has 0 aliphatic carbocycles. The topological polar surface area (TPSA) is 65.0 Å². The number of rotatable bonds is 1. The highest BCUT2D eigenvalue weighted by Crippen LogP contribution is 2.29. The molecule has 11 heteroatoms. The minimum absolute atomic E-state index is 0.137. The number of aliphatic imine (C=N–C) groups is 1. The van der Waals surface area contributed by atoms with E-state index in [0.29, 0.717) is 9.05 Å². The normalized spacial score (nSPS) is 27.5. The first-order valence-electron chi connectivity index (χ1n) is 4.55. The summed E-state index contributed by atoms with van der Waals surface area (Å²) in [6.45, 7) is -0.399. The smallest absolute Gasteiger partial charge is 0.295 e. The monoisotopic (exact) mass is 336 g/mol. The van der Waals surface area contributed by atoms with Crippen molar-refractivity contribution in [3.8, 4) is 0 Å². The van der Waals surface area contributed by atoms with Crippen LogP contribution >= 0.6 is 15.9 Å². The van der Waals surface area contributed by atoms with Gasteiger partial charge in [0.05, 0.1) is 6.54 Å². The lowest BCUT2D eigenvalue weighted by Gasteiger charge is -2.34. The van der Waals surface area contributed by atoms with Crippen molar-refractivity contribution in [3.05, 3.63) is 0 Å². The fraction of sp³-hybridized carbons (Fsp3) is 0.833. The average Bonchev–Trinajstić information content (AvgIpc) is 2.54. The van der Waals surface area contributed by atoms with E-state index in [1.807, 2.05) is 0 Å². The zero-order valence-corrected chi connectivity index (χ0v) is 10.7. The highest BCUT2D eigenvalue weighted by atomic mass is 79.9. The number of nitrogens with one attached hydrogen (secondary N) is 1. The van der Waals surface area contributed by atoms with E-state index in [-0.39, 0.29) is 19.6 Å². The number of alkyl halides is 3. The number of hydrogen-bond donors (Lipinski definition) is 1. The summed E-state index contributed by atoms with van der Waals surface area (Å²) in [5, 5.41) is 1.58. The summed E-state index contributed by atoms with van der Waals surface area (Å²) in [6, 6.07) is 0. The number of hydrogen-bond acceptors (Lipinski definition) is 5. The van der Waals surface area contributed by atoms with Crippen LogP contribution in [0.5, 0.6) is 0 Å². The van der Waals surface area contributed by atoms with Crippen LogP contribution in [0.2, 0.25) is 0 Å². The Kier molecular flexibility index (Phi) is 3.13. The van der Waals surface area contributed by atoms with Crippen molar-refractivity contribution in [1.82, 2.24) is 14.7 Å². The summed E-state index contributed by atoms with van der Waals surface area (Å²) < 4.78 is 60.2. The van der Waals surface area contributed by atoms with Gasteiger partial charge in [-0.2, -0.15) is 22.5 Å². The van der Waals surface area contributed by atoms with Crippen LogP contribution in [0.25, 0.3) is 0 Å². The maximum Gasteiger partial charge on any atom is 0.511 e. The molecular formula is C6H8BrF3N4O2S.